The average molecular weight is 294 g/mol. The molecular weight excluding hydrogens is 272 g/mol. The summed E-state index contributed by atoms with van der Waals surface area (Å²) in [7, 11) is 0. The maximum absolute atomic E-state index is 11.7. The van der Waals surface area contributed by atoms with Crippen molar-refractivity contribution in [2.24, 2.45) is 5.10 Å². The van der Waals surface area contributed by atoms with Crippen LogP contribution >= 0.6 is 0 Å². The minimum absolute atomic E-state index is 0.0358. The van der Waals surface area contributed by atoms with Crippen molar-refractivity contribution < 1.29 is 4.79 Å². The number of hydrogen-bond donors (Lipinski definition) is 0. The van der Waals surface area contributed by atoms with Gasteiger partial charge >= 0.3 is 0 Å². The number of rotatable bonds is 7. The Morgan fingerprint density at radius 2 is 1.36 bits per heavy atom. The second-order valence-electron chi connectivity index (χ2n) is 5.25. The van der Waals surface area contributed by atoms with Crippen LogP contribution in [0.25, 0.3) is 0 Å². The Hall–Kier alpha value is -2.42. The van der Waals surface area contributed by atoms with Gasteiger partial charge in [-0.3, -0.25) is 9.80 Å². The standard InChI is InChI=1S/C19H22N2O/c1-3-19(16(2)22)20-21(14-17-10-6-4-7-11-17)15-18-12-8-5-9-13-18/h4-13H,3,14-15H2,1-2H3. The molecule has 0 unspecified atom stereocenters. The van der Waals surface area contributed by atoms with Crippen LogP contribution in [-0.2, 0) is 17.9 Å². The van der Waals surface area contributed by atoms with Crippen LogP contribution < -0.4 is 0 Å². The number of carbonyl (C=O) groups is 1. The van der Waals surface area contributed by atoms with Crippen LogP contribution in [0, 0.1) is 0 Å². The van der Waals surface area contributed by atoms with E-state index in [9.17, 15) is 4.79 Å². The molecule has 0 aliphatic rings. The van der Waals surface area contributed by atoms with E-state index in [1.54, 1.807) is 6.92 Å². The first-order valence-electron chi connectivity index (χ1n) is 7.60. The van der Waals surface area contributed by atoms with Crippen molar-refractivity contribution in [2.75, 3.05) is 0 Å². The lowest BCUT2D eigenvalue weighted by Crippen LogP contribution is -2.21. The molecule has 3 heteroatoms. The fourth-order valence-corrected chi connectivity index (χ4v) is 2.28. The van der Waals surface area contributed by atoms with Gasteiger partial charge in [-0.05, 0) is 17.5 Å². The van der Waals surface area contributed by atoms with Gasteiger partial charge in [0.1, 0.15) is 5.71 Å². The molecule has 0 saturated heterocycles. The topological polar surface area (TPSA) is 32.7 Å². The lowest BCUT2D eigenvalue weighted by Gasteiger charge is -2.20. The van der Waals surface area contributed by atoms with Gasteiger partial charge in [0.15, 0.2) is 5.78 Å². The molecule has 3 nitrogen and oxygen atoms in total. The van der Waals surface area contributed by atoms with Crippen molar-refractivity contribution in [3.63, 3.8) is 0 Å². The molecule has 0 saturated carbocycles. The van der Waals surface area contributed by atoms with E-state index in [-0.39, 0.29) is 5.78 Å². The van der Waals surface area contributed by atoms with Crippen LogP contribution in [0.5, 0.6) is 0 Å². The zero-order chi connectivity index (χ0) is 15.8. The molecule has 0 N–H and O–H groups in total. The van der Waals surface area contributed by atoms with Gasteiger partial charge in [-0.15, -0.1) is 0 Å². The smallest absolute Gasteiger partial charge is 0.175 e. The van der Waals surface area contributed by atoms with E-state index < -0.39 is 0 Å². The number of benzene rings is 2. The molecule has 0 aliphatic carbocycles. The summed E-state index contributed by atoms with van der Waals surface area (Å²) in [5, 5.41) is 6.55. The quantitative estimate of drug-likeness (QED) is 0.570. The molecule has 0 atom stereocenters. The second kappa shape index (κ2) is 8.13. The molecule has 0 bridgehead atoms. The molecule has 0 fully saturated rings. The molecular formula is C19H22N2O. The number of ketones is 1. The van der Waals surface area contributed by atoms with E-state index in [1.165, 1.54) is 11.1 Å². The van der Waals surface area contributed by atoms with E-state index in [0.29, 0.717) is 25.2 Å². The zero-order valence-corrected chi connectivity index (χ0v) is 13.2. The summed E-state index contributed by atoms with van der Waals surface area (Å²) in [5.74, 6) is 0.0358. The Kier molecular flexibility index (Phi) is 5.90. The Labute approximate surface area is 132 Å². The van der Waals surface area contributed by atoms with Gasteiger partial charge in [0, 0.05) is 6.92 Å². The molecule has 0 radical (unpaired) electrons. The van der Waals surface area contributed by atoms with Crippen LogP contribution in [0.1, 0.15) is 31.4 Å². The van der Waals surface area contributed by atoms with Gasteiger partial charge in [0.2, 0.25) is 0 Å². The van der Waals surface area contributed by atoms with Crippen molar-refractivity contribution in [3.8, 4) is 0 Å². The third-order valence-corrected chi connectivity index (χ3v) is 3.42. The normalized spacial score (nSPS) is 11.3. The van der Waals surface area contributed by atoms with Gasteiger partial charge in [-0.25, -0.2) is 0 Å². The minimum Gasteiger partial charge on any atom is -0.293 e. The molecule has 2 aromatic rings. The summed E-state index contributed by atoms with van der Waals surface area (Å²) in [4.78, 5) is 11.7. The van der Waals surface area contributed by atoms with Crippen molar-refractivity contribution in [1.29, 1.82) is 0 Å². The monoisotopic (exact) mass is 294 g/mol. The number of hydrogen-bond acceptors (Lipinski definition) is 3. The summed E-state index contributed by atoms with van der Waals surface area (Å²) < 4.78 is 0. The summed E-state index contributed by atoms with van der Waals surface area (Å²) in [6.07, 6.45) is 0.648. The van der Waals surface area contributed by atoms with Gasteiger partial charge in [0.25, 0.3) is 0 Å². The first-order chi connectivity index (χ1) is 10.7. The van der Waals surface area contributed by atoms with Crippen LogP contribution in [0.15, 0.2) is 65.8 Å². The molecule has 0 spiro atoms. The Morgan fingerprint density at radius 1 is 0.909 bits per heavy atom. The number of nitrogens with zero attached hydrogens (tertiary/aromatic N) is 2. The van der Waals surface area contributed by atoms with Gasteiger partial charge in [0.05, 0.1) is 13.1 Å². The van der Waals surface area contributed by atoms with Crippen molar-refractivity contribution in [1.82, 2.24) is 5.01 Å². The summed E-state index contributed by atoms with van der Waals surface area (Å²) in [5.41, 5.74) is 2.98. The molecule has 0 heterocycles. The van der Waals surface area contributed by atoms with Gasteiger partial charge in [-0.2, -0.15) is 5.10 Å². The largest absolute Gasteiger partial charge is 0.293 e. The second-order valence-corrected chi connectivity index (χ2v) is 5.25. The highest BCUT2D eigenvalue weighted by Crippen LogP contribution is 2.11. The molecule has 22 heavy (non-hydrogen) atoms. The lowest BCUT2D eigenvalue weighted by atomic mass is 10.2. The molecule has 0 amide bonds. The van der Waals surface area contributed by atoms with Crippen LogP contribution in [0.2, 0.25) is 0 Å². The predicted octanol–water partition coefficient (Wildman–Crippen LogP) is 4.04. The summed E-state index contributed by atoms with van der Waals surface area (Å²) in [6, 6.07) is 20.4. The van der Waals surface area contributed by atoms with Crippen LogP contribution in [0.4, 0.5) is 0 Å². The van der Waals surface area contributed by atoms with E-state index in [1.807, 2.05) is 48.3 Å². The third kappa shape index (κ3) is 4.85. The summed E-state index contributed by atoms with van der Waals surface area (Å²) >= 11 is 0. The maximum atomic E-state index is 11.7. The fraction of sp³-hybridized carbons (Fsp3) is 0.263. The van der Waals surface area contributed by atoms with Crippen molar-refractivity contribution in [3.05, 3.63) is 71.8 Å². The fourth-order valence-electron chi connectivity index (χ4n) is 2.28. The van der Waals surface area contributed by atoms with Crippen molar-refractivity contribution >= 4 is 11.5 Å². The molecule has 2 rings (SSSR count). The van der Waals surface area contributed by atoms with E-state index in [4.69, 9.17) is 0 Å². The zero-order valence-electron chi connectivity index (χ0n) is 13.2. The number of Topliss-reactive ketones (excluding diaryl/α,β-unsaturated/α-hetero) is 1. The SMILES string of the molecule is CCC(=NN(Cc1ccccc1)Cc1ccccc1)C(C)=O. The molecule has 2 aromatic carbocycles. The van der Waals surface area contributed by atoms with E-state index >= 15 is 0 Å². The Morgan fingerprint density at radius 3 is 1.73 bits per heavy atom. The first-order valence-corrected chi connectivity index (χ1v) is 7.60. The summed E-state index contributed by atoms with van der Waals surface area (Å²) in [6.45, 7) is 4.91. The Balaban J connectivity index is 2.22. The predicted molar refractivity (Wildman–Crippen MR) is 90.5 cm³/mol. The van der Waals surface area contributed by atoms with Crippen LogP contribution in [0.3, 0.4) is 0 Å². The van der Waals surface area contributed by atoms with Crippen LogP contribution in [-0.4, -0.2) is 16.5 Å². The highest BCUT2D eigenvalue weighted by molar-refractivity contribution is 6.38. The van der Waals surface area contributed by atoms with Gasteiger partial charge in [-0.1, -0.05) is 67.6 Å². The van der Waals surface area contributed by atoms with Crippen molar-refractivity contribution in [2.45, 2.75) is 33.4 Å². The lowest BCUT2D eigenvalue weighted by molar-refractivity contribution is -0.111. The Bertz CT molecular complexity index is 579. The maximum Gasteiger partial charge on any atom is 0.175 e. The molecule has 0 aliphatic heterocycles. The van der Waals surface area contributed by atoms with Gasteiger partial charge < -0.3 is 0 Å². The third-order valence-electron chi connectivity index (χ3n) is 3.42. The highest BCUT2D eigenvalue weighted by Gasteiger charge is 2.09. The molecule has 0 aromatic heterocycles. The molecule has 114 valence electrons. The number of hydrazone groups is 1. The number of carbonyl (C=O) groups excluding carboxylic acids is 1. The van der Waals surface area contributed by atoms with E-state index in [0.717, 1.165) is 0 Å². The highest BCUT2D eigenvalue weighted by atomic mass is 16.1. The minimum atomic E-state index is 0.0358. The average Bonchev–Trinajstić information content (AvgIpc) is 2.54. The first kappa shape index (κ1) is 16.0. The van der Waals surface area contributed by atoms with E-state index in [2.05, 4.69) is 29.4 Å².